The highest BCUT2D eigenvalue weighted by molar-refractivity contribution is 5.30. The lowest BCUT2D eigenvalue weighted by molar-refractivity contribution is -0.0440. The predicted octanol–water partition coefficient (Wildman–Crippen LogP) is 6.52. The molecule has 0 heterocycles. The third-order valence-electron chi connectivity index (χ3n) is 7.50. The molecule has 4 atom stereocenters. The molecule has 0 radical (unpaired) electrons. The third-order valence-corrected chi connectivity index (χ3v) is 7.50. The average Bonchev–Trinajstić information content (AvgIpc) is 3.02. The molecule has 0 aliphatic heterocycles. The second kappa shape index (κ2) is 9.56. The topological polar surface area (TPSA) is 40.5 Å². The molecule has 2 heteroatoms. The fraction of sp³-hybridized carbons (Fsp3) is 0.760. The summed E-state index contributed by atoms with van der Waals surface area (Å²) in [5.74, 6) is 0.900. The maximum Gasteiger partial charge on any atom is 0.0846 e. The normalized spacial score (nSPS) is 28.1. The Kier molecular flexibility index (Phi) is 7.39. The second-order valence-electron chi connectivity index (χ2n) is 9.32. The van der Waals surface area contributed by atoms with Crippen molar-refractivity contribution in [3.8, 4) is 0 Å². The molecule has 2 fully saturated rings. The summed E-state index contributed by atoms with van der Waals surface area (Å²) in [6, 6.07) is 8.65. The molecule has 2 nitrogen and oxygen atoms in total. The summed E-state index contributed by atoms with van der Waals surface area (Å²) in [5, 5.41) is 21.6. The lowest BCUT2D eigenvalue weighted by atomic mass is 9.61. The van der Waals surface area contributed by atoms with Crippen LogP contribution in [0.4, 0.5) is 0 Å². The summed E-state index contributed by atoms with van der Waals surface area (Å²) in [6.07, 6.45) is 13.8. The van der Waals surface area contributed by atoms with E-state index in [0.29, 0.717) is 5.92 Å². The molecule has 0 spiro atoms. The highest BCUT2D eigenvalue weighted by Gasteiger charge is 2.43. The first-order chi connectivity index (χ1) is 13.1. The van der Waals surface area contributed by atoms with Crippen molar-refractivity contribution in [3.63, 3.8) is 0 Å². The van der Waals surface area contributed by atoms with Gasteiger partial charge in [-0.2, -0.15) is 0 Å². The van der Waals surface area contributed by atoms with Crippen molar-refractivity contribution in [2.75, 3.05) is 0 Å². The molecule has 1 unspecified atom stereocenters. The van der Waals surface area contributed by atoms with Gasteiger partial charge in [0.1, 0.15) is 0 Å². The quantitative estimate of drug-likeness (QED) is 0.459. The van der Waals surface area contributed by atoms with Gasteiger partial charge < -0.3 is 10.2 Å². The van der Waals surface area contributed by atoms with Crippen molar-refractivity contribution >= 4 is 0 Å². The van der Waals surface area contributed by atoms with Gasteiger partial charge in [-0.15, -0.1) is 0 Å². The van der Waals surface area contributed by atoms with Crippen molar-refractivity contribution in [1.29, 1.82) is 0 Å². The number of hydrogen-bond acceptors (Lipinski definition) is 2. The Morgan fingerprint density at radius 2 is 1.74 bits per heavy atom. The van der Waals surface area contributed by atoms with E-state index < -0.39 is 0 Å². The van der Waals surface area contributed by atoms with Gasteiger partial charge in [-0.05, 0) is 55.6 Å². The van der Waals surface area contributed by atoms with Gasteiger partial charge in [0, 0.05) is 11.3 Å². The summed E-state index contributed by atoms with van der Waals surface area (Å²) in [4.78, 5) is 0. The maximum absolute atomic E-state index is 11.0. The number of unbranched alkanes of at least 4 members (excludes halogenated alkanes) is 3. The number of aliphatic hydroxyl groups is 2. The van der Waals surface area contributed by atoms with Gasteiger partial charge in [-0.25, -0.2) is 0 Å². The summed E-state index contributed by atoms with van der Waals surface area (Å²) < 4.78 is 0. The number of rotatable bonds is 10. The van der Waals surface area contributed by atoms with Crippen LogP contribution in [0.5, 0.6) is 0 Å². The van der Waals surface area contributed by atoms with Gasteiger partial charge in [0.2, 0.25) is 0 Å². The lowest BCUT2D eigenvalue weighted by Crippen LogP contribution is -2.36. The molecule has 0 bridgehead atoms. The van der Waals surface area contributed by atoms with Crippen LogP contribution in [-0.4, -0.2) is 16.3 Å². The summed E-state index contributed by atoms with van der Waals surface area (Å²) in [7, 11) is 0. The van der Waals surface area contributed by atoms with Crippen LogP contribution in [0.2, 0.25) is 0 Å². The first-order valence-corrected chi connectivity index (χ1v) is 11.6. The van der Waals surface area contributed by atoms with E-state index in [1.54, 1.807) is 0 Å². The summed E-state index contributed by atoms with van der Waals surface area (Å²) >= 11 is 0. The van der Waals surface area contributed by atoms with Crippen molar-refractivity contribution < 1.29 is 10.2 Å². The molecule has 2 N–H and O–H groups in total. The van der Waals surface area contributed by atoms with E-state index in [1.165, 1.54) is 44.1 Å². The Morgan fingerprint density at radius 3 is 2.33 bits per heavy atom. The van der Waals surface area contributed by atoms with Crippen LogP contribution in [-0.2, 0) is 0 Å². The Labute approximate surface area is 166 Å². The van der Waals surface area contributed by atoms with E-state index in [9.17, 15) is 10.2 Å². The Hall–Kier alpha value is -0.860. The zero-order valence-electron chi connectivity index (χ0n) is 17.5. The SMILES string of the molecule is CCCCCC[C@H]1CC[C@@H](O)[C@@H]1c1ccc(C(O)C2(CCC)CCC2)cc1. The van der Waals surface area contributed by atoms with Crippen LogP contribution >= 0.6 is 0 Å². The molecule has 0 aromatic heterocycles. The molecule has 0 saturated heterocycles. The molecule has 27 heavy (non-hydrogen) atoms. The molecule has 0 amide bonds. The Balaban J connectivity index is 1.66. The van der Waals surface area contributed by atoms with E-state index >= 15 is 0 Å². The van der Waals surface area contributed by atoms with Crippen molar-refractivity contribution in [2.45, 2.75) is 109 Å². The van der Waals surface area contributed by atoms with Crippen LogP contribution in [0.3, 0.4) is 0 Å². The van der Waals surface area contributed by atoms with E-state index in [-0.39, 0.29) is 23.5 Å². The van der Waals surface area contributed by atoms with Gasteiger partial charge in [0.15, 0.2) is 0 Å². The van der Waals surface area contributed by atoms with Gasteiger partial charge >= 0.3 is 0 Å². The lowest BCUT2D eigenvalue weighted by Gasteiger charge is -2.46. The largest absolute Gasteiger partial charge is 0.392 e. The first kappa shape index (κ1) is 20.9. The van der Waals surface area contributed by atoms with Crippen LogP contribution < -0.4 is 0 Å². The Bertz CT molecular complexity index is 560. The highest BCUT2D eigenvalue weighted by Crippen LogP contribution is 2.53. The van der Waals surface area contributed by atoms with Crippen molar-refractivity contribution in [1.82, 2.24) is 0 Å². The van der Waals surface area contributed by atoms with Crippen LogP contribution in [0.1, 0.15) is 114 Å². The van der Waals surface area contributed by atoms with E-state index in [0.717, 1.165) is 44.1 Å². The average molecular weight is 373 g/mol. The third kappa shape index (κ3) is 4.59. The van der Waals surface area contributed by atoms with E-state index in [4.69, 9.17) is 0 Å². The van der Waals surface area contributed by atoms with Gasteiger partial charge in [0.05, 0.1) is 12.2 Å². The molecule has 1 aromatic rings. The number of benzene rings is 1. The molecule has 1 aromatic carbocycles. The van der Waals surface area contributed by atoms with E-state index in [2.05, 4.69) is 38.1 Å². The van der Waals surface area contributed by atoms with Crippen LogP contribution in [0, 0.1) is 11.3 Å². The summed E-state index contributed by atoms with van der Waals surface area (Å²) in [5.41, 5.74) is 2.46. The molecule has 3 rings (SSSR count). The fourth-order valence-electron chi connectivity index (χ4n) is 5.75. The monoisotopic (exact) mass is 372 g/mol. The Morgan fingerprint density at radius 1 is 1.00 bits per heavy atom. The van der Waals surface area contributed by atoms with E-state index in [1.807, 2.05) is 0 Å². The zero-order chi connectivity index (χ0) is 19.3. The second-order valence-corrected chi connectivity index (χ2v) is 9.32. The van der Waals surface area contributed by atoms with Gasteiger partial charge in [0.25, 0.3) is 0 Å². The molecule has 2 aliphatic carbocycles. The molecule has 2 aliphatic rings. The first-order valence-electron chi connectivity index (χ1n) is 11.6. The summed E-state index contributed by atoms with van der Waals surface area (Å²) in [6.45, 7) is 4.48. The fourth-order valence-corrected chi connectivity index (χ4v) is 5.75. The highest BCUT2D eigenvalue weighted by atomic mass is 16.3. The molecule has 2 saturated carbocycles. The zero-order valence-corrected chi connectivity index (χ0v) is 17.5. The molecular formula is C25H40O2. The minimum Gasteiger partial charge on any atom is -0.392 e. The van der Waals surface area contributed by atoms with Crippen molar-refractivity contribution in [3.05, 3.63) is 35.4 Å². The van der Waals surface area contributed by atoms with Gasteiger partial charge in [-0.1, -0.05) is 76.6 Å². The van der Waals surface area contributed by atoms with Crippen LogP contribution in [0.15, 0.2) is 24.3 Å². The van der Waals surface area contributed by atoms with Crippen molar-refractivity contribution in [2.24, 2.45) is 11.3 Å². The maximum atomic E-state index is 11.0. The number of hydrogen-bond donors (Lipinski definition) is 2. The number of aliphatic hydroxyl groups excluding tert-OH is 2. The standard InChI is InChI=1S/C25H40O2/c1-3-5-6-7-9-19-14-15-22(26)23(19)20-10-12-21(13-11-20)24(27)25(16-4-2)17-8-18-25/h10-13,19,22-24,26-27H,3-9,14-18H2,1-2H3/t19-,22+,23-,24?/m0/s1. The van der Waals surface area contributed by atoms with Crippen LogP contribution in [0.25, 0.3) is 0 Å². The smallest absolute Gasteiger partial charge is 0.0846 e. The van der Waals surface area contributed by atoms with Gasteiger partial charge in [-0.3, -0.25) is 0 Å². The predicted molar refractivity (Wildman–Crippen MR) is 113 cm³/mol. The molecule has 152 valence electrons. The minimum absolute atomic E-state index is 0.116. The molecular weight excluding hydrogens is 332 g/mol. The minimum atomic E-state index is -0.335.